The number of para-hydroxylation sites is 1. The third kappa shape index (κ3) is 4.18. The average Bonchev–Trinajstić information content (AvgIpc) is 2.62. The largest absolute Gasteiger partial charge is 0.461 e. The predicted molar refractivity (Wildman–Crippen MR) is 96.9 cm³/mol. The number of nitrogens with zero attached hydrogens (tertiary/aromatic N) is 2. The second-order valence-corrected chi connectivity index (χ2v) is 6.23. The highest BCUT2D eigenvalue weighted by atomic mass is 35.5. The van der Waals surface area contributed by atoms with Crippen molar-refractivity contribution in [3.63, 3.8) is 0 Å². The maximum absolute atomic E-state index is 12.3. The molecule has 0 saturated heterocycles. The summed E-state index contributed by atoms with van der Waals surface area (Å²) in [5, 5.41) is 1.37. The molecule has 128 valence electrons. The van der Waals surface area contributed by atoms with E-state index in [1.165, 1.54) is 10.9 Å². The molecule has 0 spiro atoms. The number of ether oxygens (including phenoxy) is 1. The molecule has 0 aliphatic carbocycles. The van der Waals surface area contributed by atoms with E-state index in [4.69, 9.17) is 27.9 Å². The van der Waals surface area contributed by atoms with Gasteiger partial charge in [-0.25, -0.2) is 4.98 Å². The molecule has 5 nitrogen and oxygen atoms in total. The summed E-state index contributed by atoms with van der Waals surface area (Å²) in [4.78, 5) is 28.4. The number of benzene rings is 2. The minimum Gasteiger partial charge on any atom is -0.461 e. The van der Waals surface area contributed by atoms with Crippen molar-refractivity contribution in [1.82, 2.24) is 9.55 Å². The van der Waals surface area contributed by atoms with Gasteiger partial charge in [0, 0.05) is 6.54 Å². The Morgan fingerprint density at radius 1 is 1.12 bits per heavy atom. The molecule has 3 rings (SSSR count). The van der Waals surface area contributed by atoms with Crippen LogP contribution in [0.3, 0.4) is 0 Å². The van der Waals surface area contributed by atoms with E-state index in [0.717, 1.165) is 5.56 Å². The van der Waals surface area contributed by atoms with Gasteiger partial charge in [-0.2, -0.15) is 0 Å². The summed E-state index contributed by atoms with van der Waals surface area (Å²) in [7, 11) is 0. The molecule has 2 aromatic carbocycles. The van der Waals surface area contributed by atoms with Crippen LogP contribution in [0.15, 0.2) is 53.6 Å². The van der Waals surface area contributed by atoms with Gasteiger partial charge in [0.15, 0.2) is 0 Å². The summed E-state index contributed by atoms with van der Waals surface area (Å²) < 4.78 is 6.60. The molecule has 0 fully saturated rings. The normalized spacial score (nSPS) is 10.8. The van der Waals surface area contributed by atoms with Crippen LogP contribution in [0.25, 0.3) is 10.9 Å². The van der Waals surface area contributed by atoms with Crippen molar-refractivity contribution in [3.8, 4) is 0 Å². The Hall–Kier alpha value is -2.37. The molecule has 1 heterocycles. The molecule has 25 heavy (non-hydrogen) atoms. The lowest BCUT2D eigenvalue weighted by Crippen LogP contribution is -2.22. The Balaban J connectivity index is 1.60. The number of hydrogen-bond donors (Lipinski definition) is 0. The summed E-state index contributed by atoms with van der Waals surface area (Å²) in [5.41, 5.74) is 1.20. The van der Waals surface area contributed by atoms with Crippen LogP contribution in [0.1, 0.15) is 12.0 Å². The molecule has 0 radical (unpaired) electrons. The number of esters is 1. The molecule has 1 aromatic heterocycles. The Morgan fingerprint density at radius 3 is 2.72 bits per heavy atom. The van der Waals surface area contributed by atoms with Gasteiger partial charge in [0.25, 0.3) is 5.56 Å². The standard InChI is InChI=1S/C18H14Cl2N2O3/c19-14-6-5-12(9-15(14)20)10-25-17(23)7-8-22-11-21-16-4-2-1-3-13(16)18(22)24/h1-6,9,11H,7-8,10H2. The fraction of sp³-hybridized carbons (Fsp3) is 0.167. The Labute approximate surface area is 153 Å². The Kier molecular flexibility index (Phi) is 5.36. The van der Waals surface area contributed by atoms with Crippen LogP contribution in [0, 0.1) is 0 Å². The van der Waals surface area contributed by atoms with Crippen LogP contribution < -0.4 is 5.56 Å². The number of hydrogen-bond acceptors (Lipinski definition) is 4. The second-order valence-electron chi connectivity index (χ2n) is 5.42. The van der Waals surface area contributed by atoms with E-state index < -0.39 is 5.97 Å². The van der Waals surface area contributed by atoms with Crippen LogP contribution in [-0.2, 0) is 22.7 Å². The SMILES string of the molecule is O=C(CCn1cnc2ccccc2c1=O)OCc1ccc(Cl)c(Cl)c1. The zero-order valence-electron chi connectivity index (χ0n) is 13.1. The topological polar surface area (TPSA) is 61.2 Å². The van der Waals surface area contributed by atoms with E-state index in [2.05, 4.69) is 4.98 Å². The average molecular weight is 377 g/mol. The predicted octanol–water partition coefficient (Wildman–Crippen LogP) is 3.84. The first-order valence-corrected chi connectivity index (χ1v) is 8.34. The molecule has 0 N–H and O–H groups in total. The molecular formula is C18H14Cl2N2O3. The monoisotopic (exact) mass is 376 g/mol. The van der Waals surface area contributed by atoms with Gasteiger partial charge in [0.05, 0.1) is 33.7 Å². The van der Waals surface area contributed by atoms with Gasteiger partial charge in [0.1, 0.15) is 6.61 Å². The minimum atomic E-state index is -0.411. The van der Waals surface area contributed by atoms with Crippen molar-refractivity contribution in [2.75, 3.05) is 0 Å². The van der Waals surface area contributed by atoms with Crippen molar-refractivity contribution in [2.45, 2.75) is 19.6 Å². The summed E-state index contributed by atoms with van der Waals surface area (Å²) in [6, 6.07) is 12.1. The number of rotatable bonds is 5. The highest BCUT2D eigenvalue weighted by Crippen LogP contribution is 2.22. The van der Waals surface area contributed by atoms with Crippen LogP contribution in [0.4, 0.5) is 0 Å². The molecule has 0 aliphatic heterocycles. The Bertz CT molecular complexity index is 985. The number of aryl methyl sites for hydroxylation is 1. The molecule has 0 aliphatic rings. The second kappa shape index (κ2) is 7.68. The first kappa shape index (κ1) is 17.5. The van der Waals surface area contributed by atoms with Gasteiger partial charge in [-0.15, -0.1) is 0 Å². The van der Waals surface area contributed by atoms with E-state index >= 15 is 0 Å². The molecule has 3 aromatic rings. The quantitative estimate of drug-likeness (QED) is 0.634. The zero-order chi connectivity index (χ0) is 17.8. The lowest BCUT2D eigenvalue weighted by molar-refractivity contribution is -0.145. The van der Waals surface area contributed by atoms with Gasteiger partial charge < -0.3 is 4.74 Å². The third-order valence-corrected chi connectivity index (χ3v) is 4.41. The number of carbonyl (C=O) groups is 1. The lowest BCUT2D eigenvalue weighted by atomic mass is 10.2. The van der Waals surface area contributed by atoms with Gasteiger partial charge in [-0.1, -0.05) is 41.4 Å². The lowest BCUT2D eigenvalue weighted by Gasteiger charge is -2.08. The van der Waals surface area contributed by atoms with Crippen LogP contribution >= 0.6 is 23.2 Å². The van der Waals surface area contributed by atoms with Crippen LogP contribution in [0.5, 0.6) is 0 Å². The van der Waals surface area contributed by atoms with Gasteiger partial charge in [-0.3, -0.25) is 14.2 Å². The number of carbonyl (C=O) groups excluding carboxylic acids is 1. The first-order valence-electron chi connectivity index (χ1n) is 7.58. The van der Waals surface area contributed by atoms with Crippen molar-refractivity contribution < 1.29 is 9.53 Å². The van der Waals surface area contributed by atoms with Crippen LogP contribution in [-0.4, -0.2) is 15.5 Å². The van der Waals surface area contributed by atoms with Crippen molar-refractivity contribution in [3.05, 3.63) is 74.8 Å². The maximum Gasteiger partial charge on any atom is 0.307 e. The fourth-order valence-electron chi connectivity index (χ4n) is 2.34. The maximum atomic E-state index is 12.3. The van der Waals surface area contributed by atoms with Crippen molar-refractivity contribution in [1.29, 1.82) is 0 Å². The summed E-state index contributed by atoms with van der Waals surface area (Å²) in [6.07, 6.45) is 1.51. The van der Waals surface area contributed by atoms with E-state index in [1.54, 1.807) is 36.4 Å². The van der Waals surface area contributed by atoms with E-state index in [-0.39, 0.29) is 25.1 Å². The van der Waals surface area contributed by atoms with E-state index in [1.807, 2.05) is 6.07 Å². The minimum absolute atomic E-state index is 0.0707. The highest BCUT2D eigenvalue weighted by Gasteiger charge is 2.08. The number of fused-ring (bicyclic) bond motifs is 1. The summed E-state index contributed by atoms with van der Waals surface area (Å²) >= 11 is 11.8. The molecule has 0 bridgehead atoms. The highest BCUT2D eigenvalue weighted by molar-refractivity contribution is 6.42. The van der Waals surface area contributed by atoms with Gasteiger partial charge in [-0.05, 0) is 29.8 Å². The third-order valence-electron chi connectivity index (χ3n) is 3.67. The van der Waals surface area contributed by atoms with Crippen molar-refractivity contribution >= 4 is 40.1 Å². The first-order chi connectivity index (χ1) is 12.0. The summed E-state index contributed by atoms with van der Waals surface area (Å²) in [6.45, 7) is 0.303. The molecular weight excluding hydrogens is 363 g/mol. The fourth-order valence-corrected chi connectivity index (χ4v) is 2.66. The molecule has 0 amide bonds. The van der Waals surface area contributed by atoms with Crippen LogP contribution in [0.2, 0.25) is 10.0 Å². The van der Waals surface area contributed by atoms with E-state index in [0.29, 0.717) is 20.9 Å². The number of halogens is 2. The molecule has 0 saturated carbocycles. The molecule has 0 atom stereocenters. The summed E-state index contributed by atoms with van der Waals surface area (Å²) in [5.74, 6) is -0.411. The van der Waals surface area contributed by atoms with E-state index in [9.17, 15) is 9.59 Å². The number of aromatic nitrogens is 2. The molecule has 0 unspecified atom stereocenters. The Morgan fingerprint density at radius 2 is 1.92 bits per heavy atom. The van der Waals surface area contributed by atoms with Gasteiger partial charge >= 0.3 is 5.97 Å². The smallest absolute Gasteiger partial charge is 0.307 e. The zero-order valence-corrected chi connectivity index (χ0v) is 14.6. The van der Waals surface area contributed by atoms with Gasteiger partial charge in [0.2, 0.25) is 0 Å². The van der Waals surface area contributed by atoms with Crippen molar-refractivity contribution in [2.24, 2.45) is 0 Å². The molecule has 7 heteroatoms.